The molecule has 0 spiro atoms. The minimum absolute atomic E-state index is 0.102. The molecule has 19 heteroatoms. The summed E-state index contributed by atoms with van der Waals surface area (Å²) in [6.07, 6.45) is 56.1. The Labute approximate surface area is 581 Å². The molecule has 0 amide bonds. The first-order chi connectivity index (χ1) is 45.9. The molecule has 0 aromatic heterocycles. The smallest absolute Gasteiger partial charge is 0.462 e. The summed E-state index contributed by atoms with van der Waals surface area (Å²) in [5, 5.41) is 10.6. The fourth-order valence-electron chi connectivity index (χ4n) is 11.6. The minimum atomic E-state index is -4.96. The van der Waals surface area contributed by atoms with Gasteiger partial charge in [0.1, 0.15) is 19.3 Å². The molecule has 3 N–H and O–H groups in total. The van der Waals surface area contributed by atoms with Crippen molar-refractivity contribution in [3.63, 3.8) is 0 Å². The molecule has 0 aromatic rings. The normalized spacial score (nSPS) is 14.6. The van der Waals surface area contributed by atoms with Crippen molar-refractivity contribution in [3.05, 3.63) is 0 Å². The van der Waals surface area contributed by atoms with Crippen LogP contribution in [0.25, 0.3) is 0 Å². The highest BCUT2D eigenvalue weighted by Gasteiger charge is 2.30. The van der Waals surface area contributed by atoms with E-state index in [4.69, 9.17) is 37.0 Å². The number of phosphoric ester groups is 2. The topological polar surface area (TPSA) is 237 Å². The number of carbonyl (C=O) groups excluding carboxylic acids is 4. The van der Waals surface area contributed by atoms with Crippen LogP contribution in [-0.2, 0) is 65.4 Å². The van der Waals surface area contributed by atoms with Gasteiger partial charge in [0.2, 0.25) is 0 Å². The lowest BCUT2D eigenvalue weighted by atomic mass is 9.99. The Bertz CT molecular complexity index is 1840. The Morgan fingerprint density at radius 3 is 0.747 bits per heavy atom. The van der Waals surface area contributed by atoms with Gasteiger partial charge in [0.25, 0.3) is 0 Å². The maximum absolute atomic E-state index is 13.1. The van der Waals surface area contributed by atoms with Crippen LogP contribution in [0.5, 0.6) is 0 Å². The fraction of sp³-hybridized carbons (Fsp3) is 0.947. The van der Waals surface area contributed by atoms with Crippen LogP contribution in [0.3, 0.4) is 0 Å². The van der Waals surface area contributed by atoms with Crippen LogP contribution >= 0.6 is 15.6 Å². The average molecular weight is 1400 g/mol. The van der Waals surface area contributed by atoms with E-state index in [0.29, 0.717) is 25.7 Å². The number of phosphoric acid groups is 2. The van der Waals surface area contributed by atoms with Gasteiger partial charge in [0.05, 0.1) is 26.4 Å². The summed E-state index contributed by atoms with van der Waals surface area (Å²) in [7, 11) is -9.90. The predicted molar refractivity (Wildman–Crippen MR) is 386 cm³/mol. The highest BCUT2D eigenvalue weighted by Crippen LogP contribution is 2.45. The van der Waals surface area contributed by atoms with Crippen LogP contribution in [-0.4, -0.2) is 96.7 Å². The zero-order valence-electron chi connectivity index (χ0n) is 62.0. The molecule has 0 bridgehead atoms. The molecule has 0 aliphatic rings. The molecule has 7 atom stereocenters. The number of esters is 4. The van der Waals surface area contributed by atoms with Crippen LogP contribution < -0.4 is 0 Å². The minimum Gasteiger partial charge on any atom is -0.462 e. The number of hydrogen-bond acceptors (Lipinski definition) is 15. The number of unbranched alkanes of at least 4 members (excludes halogenated alkanes) is 43. The highest BCUT2D eigenvalue weighted by atomic mass is 31.2. The zero-order chi connectivity index (χ0) is 70.0. The van der Waals surface area contributed by atoms with Gasteiger partial charge in [-0.1, -0.05) is 343 Å². The summed E-state index contributed by atoms with van der Waals surface area (Å²) < 4.78 is 68.2. The van der Waals surface area contributed by atoms with Gasteiger partial charge in [-0.2, -0.15) is 0 Å². The number of ether oxygens (including phenoxy) is 4. The maximum Gasteiger partial charge on any atom is 0.472 e. The molecular formula is C76H148O17P2. The summed E-state index contributed by atoms with van der Waals surface area (Å²) in [5.41, 5.74) is 0. The number of aliphatic hydroxyl groups is 1. The molecule has 0 aromatic carbocycles. The molecule has 0 fully saturated rings. The predicted octanol–water partition coefficient (Wildman–Crippen LogP) is 22.3. The number of carbonyl (C=O) groups is 4. The Morgan fingerprint density at radius 2 is 0.505 bits per heavy atom. The summed E-state index contributed by atoms with van der Waals surface area (Å²) >= 11 is 0. The number of hydrogen-bond donors (Lipinski definition) is 3. The number of rotatable bonds is 75. The molecule has 95 heavy (non-hydrogen) atoms. The molecule has 0 saturated carbocycles. The van der Waals surface area contributed by atoms with Crippen molar-refractivity contribution in [2.75, 3.05) is 39.6 Å². The van der Waals surface area contributed by atoms with Gasteiger partial charge in [-0.05, 0) is 37.5 Å². The molecule has 0 rings (SSSR count). The van der Waals surface area contributed by atoms with E-state index in [1.165, 1.54) is 205 Å². The molecule has 0 aliphatic carbocycles. The van der Waals surface area contributed by atoms with Crippen molar-refractivity contribution in [1.82, 2.24) is 0 Å². The summed E-state index contributed by atoms with van der Waals surface area (Å²) in [5.74, 6) is -0.540. The number of aliphatic hydroxyl groups excluding tert-OH is 1. The van der Waals surface area contributed by atoms with E-state index in [9.17, 15) is 43.2 Å². The lowest BCUT2D eigenvalue weighted by Crippen LogP contribution is -2.30. The van der Waals surface area contributed by atoms with E-state index in [0.717, 1.165) is 108 Å². The van der Waals surface area contributed by atoms with Crippen molar-refractivity contribution in [2.45, 2.75) is 413 Å². The Balaban J connectivity index is 5.11. The van der Waals surface area contributed by atoms with Crippen molar-refractivity contribution < 1.29 is 80.2 Å². The lowest BCUT2D eigenvalue weighted by Gasteiger charge is -2.21. The molecule has 4 unspecified atom stereocenters. The van der Waals surface area contributed by atoms with Gasteiger partial charge >= 0.3 is 39.5 Å². The van der Waals surface area contributed by atoms with Gasteiger partial charge < -0.3 is 33.8 Å². The summed E-state index contributed by atoms with van der Waals surface area (Å²) in [4.78, 5) is 72.4. The van der Waals surface area contributed by atoms with Crippen molar-refractivity contribution in [2.24, 2.45) is 11.8 Å². The van der Waals surface area contributed by atoms with Crippen molar-refractivity contribution in [3.8, 4) is 0 Å². The fourth-order valence-corrected chi connectivity index (χ4v) is 13.2. The van der Waals surface area contributed by atoms with E-state index in [-0.39, 0.29) is 25.7 Å². The van der Waals surface area contributed by atoms with Gasteiger partial charge in [-0.15, -0.1) is 0 Å². The molecule has 0 radical (unpaired) electrons. The van der Waals surface area contributed by atoms with E-state index < -0.39 is 97.5 Å². The van der Waals surface area contributed by atoms with Crippen molar-refractivity contribution in [1.29, 1.82) is 0 Å². The first kappa shape index (κ1) is 93.1. The monoisotopic (exact) mass is 1400 g/mol. The summed E-state index contributed by atoms with van der Waals surface area (Å²) in [6, 6.07) is 0. The second-order valence-corrected chi connectivity index (χ2v) is 30.8. The summed E-state index contributed by atoms with van der Waals surface area (Å²) in [6.45, 7) is 9.51. The largest absolute Gasteiger partial charge is 0.472 e. The molecular weight excluding hydrogens is 1250 g/mol. The van der Waals surface area contributed by atoms with E-state index >= 15 is 0 Å². The second kappa shape index (κ2) is 67.9. The SMILES string of the molecule is CCCCCCCCCCCCCCCCCCCCC(=O)OC[C@H](COP(=O)(O)OC[C@@H](O)COP(=O)(O)OC[C@@H](COC(=O)CCCCCCC)OC(=O)CCCCCCCCC(C)CC)OC(=O)CCCCCCCCCCCCCCCCCCCCC(C)CC. The van der Waals surface area contributed by atoms with E-state index in [1.54, 1.807) is 0 Å². The Morgan fingerprint density at radius 1 is 0.295 bits per heavy atom. The van der Waals surface area contributed by atoms with E-state index in [2.05, 4.69) is 41.5 Å². The van der Waals surface area contributed by atoms with Crippen LogP contribution in [0.4, 0.5) is 0 Å². The average Bonchev–Trinajstić information content (AvgIpc) is 1.81. The highest BCUT2D eigenvalue weighted by molar-refractivity contribution is 7.47. The quantitative estimate of drug-likeness (QED) is 0.0222. The zero-order valence-corrected chi connectivity index (χ0v) is 63.8. The lowest BCUT2D eigenvalue weighted by molar-refractivity contribution is -0.161. The first-order valence-electron chi connectivity index (χ1n) is 39.6. The van der Waals surface area contributed by atoms with Crippen LogP contribution in [0.15, 0.2) is 0 Å². The third kappa shape index (κ3) is 67.6. The van der Waals surface area contributed by atoms with Crippen LogP contribution in [0.2, 0.25) is 0 Å². The Kier molecular flexibility index (Phi) is 66.5. The standard InChI is InChI=1S/C76H148O17P2/c1-7-11-13-15-16-17-18-19-20-21-25-28-31-34-37-40-47-53-59-74(79)87-65-72(92-75(80)60-54-48-41-38-35-32-29-26-23-22-24-27-30-33-36-39-45-50-56-68(5)9-3)67-91-95(84,85)89-63-70(77)62-88-94(82,83)90-66-71(64-86-73(78)58-52-44-14-12-8-2)93-76(81)61-55-49-43-42-46-51-57-69(6)10-4/h68-72,77H,7-67H2,1-6H3,(H,82,83)(H,84,85)/t68?,69?,70-,71+,72+/m0/s1. The molecule has 0 heterocycles. The van der Waals surface area contributed by atoms with Gasteiger partial charge in [0, 0.05) is 25.7 Å². The van der Waals surface area contributed by atoms with Gasteiger partial charge in [-0.3, -0.25) is 37.3 Å². The third-order valence-corrected chi connectivity index (χ3v) is 20.3. The van der Waals surface area contributed by atoms with E-state index in [1.807, 2.05) is 0 Å². The molecule has 17 nitrogen and oxygen atoms in total. The van der Waals surface area contributed by atoms with Crippen LogP contribution in [0, 0.1) is 11.8 Å². The second-order valence-electron chi connectivity index (χ2n) is 27.9. The molecule has 564 valence electrons. The van der Waals surface area contributed by atoms with Crippen LogP contribution in [0.1, 0.15) is 395 Å². The van der Waals surface area contributed by atoms with Gasteiger partial charge in [-0.25, -0.2) is 9.13 Å². The van der Waals surface area contributed by atoms with Gasteiger partial charge in [0.15, 0.2) is 12.2 Å². The molecule has 0 saturated heterocycles. The van der Waals surface area contributed by atoms with Crippen molar-refractivity contribution >= 4 is 39.5 Å². The molecule has 0 aliphatic heterocycles. The Hall–Kier alpha value is -1.94. The maximum atomic E-state index is 13.1. The third-order valence-electron chi connectivity index (χ3n) is 18.4. The first-order valence-corrected chi connectivity index (χ1v) is 42.6.